The summed E-state index contributed by atoms with van der Waals surface area (Å²) in [5.41, 5.74) is 5.33. The Morgan fingerprint density at radius 2 is 1.95 bits per heavy atom. The number of benzene rings is 2. The summed E-state index contributed by atoms with van der Waals surface area (Å²) in [4.78, 5) is 16.4. The zero-order valence-electron chi connectivity index (χ0n) is 10.4. The summed E-state index contributed by atoms with van der Waals surface area (Å²) in [6.07, 6.45) is 1.45. The predicted octanol–water partition coefficient (Wildman–Crippen LogP) is 3.82. The zero-order valence-corrected chi connectivity index (χ0v) is 12.0. The molecular formula is C15H10BrN3O. The van der Waals surface area contributed by atoms with Gasteiger partial charge in [-0.15, -0.1) is 0 Å². The molecule has 20 heavy (non-hydrogen) atoms. The van der Waals surface area contributed by atoms with Gasteiger partial charge in [0.15, 0.2) is 0 Å². The molecule has 0 unspecified atom stereocenters. The van der Waals surface area contributed by atoms with Gasteiger partial charge < -0.3 is 0 Å². The van der Waals surface area contributed by atoms with Gasteiger partial charge in [0.25, 0.3) is 0 Å². The van der Waals surface area contributed by atoms with Crippen molar-refractivity contribution in [2.24, 2.45) is 10.1 Å². The number of anilines is 1. The molecule has 0 fully saturated rings. The Kier molecular flexibility index (Phi) is 3.43. The van der Waals surface area contributed by atoms with Crippen LogP contribution >= 0.6 is 15.9 Å². The fraction of sp³-hybridized carbons (Fsp3) is 0. The van der Waals surface area contributed by atoms with Crippen molar-refractivity contribution in [3.05, 3.63) is 58.6 Å². The maximum absolute atomic E-state index is 12.1. The van der Waals surface area contributed by atoms with Gasteiger partial charge in [0.1, 0.15) is 5.71 Å². The van der Waals surface area contributed by atoms with E-state index in [-0.39, 0.29) is 5.78 Å². The summed E-state index contributed by atoms with van der Waals surface area (Å²) < 4.78 is 0.861. The molecule has 2 aromatic carbocycles. The van der Waals surface area contributed by atoms with Gasteiger partial charge >= 0.3 is 0 Å². The van der Waals surface area contributed by atoms with Crippen molar-refractivity contribution in [3.63, 3.8) is 0 Å². The Hall–Kier alpha value is -2.27. The topological polar surface area (TPSA) is 53.8 Å². The number of hydrazone groups is 1. The van der Waals surface area contributed by atoms with Crippen LogP contribution in [0.2, 0.25) is 0 Å². The highest BCUT2D eigenvalue weighted by molar-refractivity contribution is 9.10. The van der Waals surface area contributed by atoms with Gasteiger partial charge in [-0.3, -0.25) is 10.2 Å². The molecule has 1 heterocycles. The van der Waals surface area contributed by atoms with E-state index in [1.807, 2.05) is 42.5 Å². The van der Waals surface area contributed by atoms with E-state index in [1.54, 1.807) is 6.07 Å². The van der Waals surface area contributed by atoms with Crippen LogP contribution in [0.1, 0.15) is 10.4 Å². The van der Waals surface area contributed by atoms with Crippen molar-refractivity contribution in [1.29, 1.82) is 0 Å². The van der Waals surface area contributed by atoms with E-state index < -0.39 is 0 Å². The standard InChI is InChI=1S/C15H10BrN3O/c16-10-6-7-13-12(8-10)15(20)14(18-13)9-17-19-11-4-2-1-3-5-11/h1-9,19H/b17-9+. The fourth-order valence-corrected chi connectivity index (χ4v) is 2.24. The van der Waals surface area contributed by atoms with Crippen molar-refractivity contribution < 1.29 is 4.79 Å². The third kappa shape index (κ3) is 2.53. The number of carbonyl (C=O) groups excluding carboxylic acids is 1. The zero-order chi connectivity index (χ0) is 13.9. The summed E-state index contributed by atoms with van der Waals surface area (Å²) in [5, 5.41) is 4.04. The lowest BCUT2D eigenvalue weighted by Gasteiger charge is -1.97. The molecule has 0 aromatic heterocycles. The second-order valence-corrected chi connectivity index (χ2v) is 5.14. The Bertz CT molecular complexity index is 723. The predicted molar refractivity (Wildman–Crippen MR) is 84.1 cm³/mol. The summed E-state index contributed by atoms with van der Waals surface area (Å²) in [6, 6.07) is 15.0. The molecule has 3 rings (SSSR count). The largest absolute Gasteiger partial charge is 0.287 e. The summed E-state index contributed by atoms with van der Waals surface area (Å²) in [5.74, 6) is -0.111. The van der Waals surface area contributed by atoms with E-state index in [4.69, 9.17) is 0 Å². The van der Waals surface area contributed by atoms with Crippen LogP contribution in [0.25, 0.3) is 0 Å². The lowest BCUT2D eigenvalue weighted by molar-refractivity contribution is 0.107. The summed E-state index contributed by atoms with van der Waals surface area (Å²) in [7, 11) is 0. The number of halogens is 1. The fourth-order valence-electron chi connectivity index (χ4n) is 1.87. The number of carbonyl (C=O) groups is 1. The van der Waals surface area contributed by atoms with Crippen LogP contribution in [0.3, 0.4) is 0 Å². The first-order chi connectivity index (χ1) is 9.74. The van der Waals surface area contributed by atoms with Crippen LogP contribution in [-0.4, -0.2) is 17.7 Å². The van der Waals surface area contributed by atoms with Crippen molar-refractivity contribution >= 4 is 45.0 Å². The quantitative estimate of drug-likeness (QED) is 0.688. The number of nitrogens with zero attached hydrogens (tertiary/aromatic N) is 2. The van der Waals surface area contributed by atoms with E-state index >= 15 is 0 Å². The molecule has 4 nitrogen and oxygen atoms in total. The summed E-state index contributed by atoms with van der Waals surface area (Å²) in [6.45, 7) is 0. The number of para-hydroxylation sites is 1. The van der Waals surface area contributed by atoms with Gasteiger partial charge in [-0.1, -0.05) is 34.1 Å². The van der Waals surface area contributed by atoms with Crippen LogP contribution in [0, 0.1) is 0 Å². The minimum Gasteiger partial charge on any atom is -0.287 e. The Morgan fingerprint density at radius 1 is 1.15 bits per heavy atom. The lowest BCUT2D eigenvalue weighted by Crippen LogP contribution is -2.11. The van der Waals surface area contributed by atoms with E-state index in [0.29, 0.717) is 17.0 Å². The van der Waals surface area contributed by atoms with E-state index in [9.17, 15) is 4.79 Å². The van der Waals surface area contributed by atoms with Gasteiger partial charge in [-0.05, 0) is 30.3 Å². The normalized spacial score (nSPS) is 13.4. The molecule has 1 aliphatic rings. The highest BCUT2D eigenvalue weighted by atomic mass is 79.9. The molecule has 1 N–H and O–H groups in total. The van der Waals surface area contributed by atoms with Gasteiger partial charge in [0.05, 0.1) is 23.2 Å². The van der Waals surface area contributed by atoms with Gasteiger partial charge in [0, 0.05) is 4.47 Å². The van der Waals surface area contributed by atoms with Crippen molar-refractivity contribution in [2.45, 2.75) is 0 Å². The number of ketones is 1. The highest BCUT2D eigenvalue weighted by Gasteiger charge is 2.23. The van der Waals surface area contributed by atoms with Crippen LogP contribution in [0.4, 0.5) is 11.4 Å². The number of Topliss-reactive ketones (excluding diaryl/α,β-unsaturated/α-hetero) is 1. The molecule has 5 heteroatoms. The molecule has 0 aliphatic carbocycles. The Labute approximate surface area is 124 Å². The average Bonchev–Trinajstić information content (AvgIpc) is 2.77. The lowest BCUT2D eigenvalue weighted by atomic mass is 10.1. The number of hydrogen-bond acceptors (Lipinski definition) is 4. The molecular weight excluding hydrogens is 318 g/mol. The molecule has 0 bridgehead atoms. The number of nitrogens with one attached hydrogen (secondary N) is 1. The highest BCUT2D eigenvalue weighted by Crippen LogP contribution is 2.28. The second-order valence-electron chi connectivity index (χ2n) is 4.22. The first-order valence-electron chi connectivity index (χ1n) is 6.01. The Balaban J connectivity index is 1.76. The monoisotopic (exact) mass is 327 g/mol. The number of aliphatic imine (C=N–C) groups is 1. The maximum Gasteiger partial charge on any atom is 0.215 e. The van der Waals surface area contributed by atoms with Gasteiger partial charge in [-0.25, -0.2) is 4.99 Å². The molecule has 2 aromatic rings. The smallest absolute Gasteiger partial charge is 0.215 e. The number of fused-ring (bicyclic) bond motifs is 1. The molecule has 0 radical (unpaired) electrons. The molecule has 0 saturated heterocycles. The van der Waals surface area contributed by atoms with Gasteiger partial charge in [-0.2, -0.15) is 5.10 Å². The minimum atomic E-state index is -0.111. The molecule has 98 valence electrons. The van der Waals surface area contributed by atoms with Crippen LogP contribution < -0.4 is 5.43 Å². The first-order valence-corrected chi connectivity index (χ1v) is 6.80. The number of hydrogen-bond donors (Lipinski definition) is 1. The van der Waals surface area contributed by atoms with Crippen molar-refractivity contribution in [1.82, 2.24) is 0 Å². The third-order valence-corrected chi connectivity index (χ3v) is 3.32. The average molecular weight is 328 g/mol. The minimum absolute atomic E-state index is 0.111. The van der Waals surface area contributed by atoms with Crippen LogP contribution in [0.5, 0.6) is 0 Å². The van der Waals surface area contributed by atoms with Crippen molar-refractivity contribution in [3.8, 4) is 0 Å². The second kappa shape index (κ2) is 5.38. The van der Waals surface area contributed by atoms with Crippen molar-refractivity contribution in [2.75, 3.05) is 5.43 Å². The first kappa shape index (κ1) is 12.7. The van der Waals surface area contributed by atoms with Crippen LogP contribution in [-0.2, 0) is 0 Å². The van der Waals surface area contributed by atoms with Crippen LogP contribution in [0.15, 0.2) is 63.1 Å². The molecule has 0 atom stereocenters. The summed E-state index contributed by atoms with van der Waals surface area (Å²) >= 11 is 3.35. The molecule has 1 aliphatic heterocycles. The SMILES string of the molecule is O=C1C(/C=N/Nc2ccccc2)=Nc2ccc(Br)cc21. The molecule has 0 spiro atoms. The molecule has 0 amide bonds. The van der Waals surface area contributed by atoms with E-state index in [2.05, 4.69) is 31.4 Å². The van der Waals surface area contributed by atoms with E-state index in [0.717, 1.165) is 10.2 Å². The molecule has 0 saturated carbocycles. The van der Waals surface area contributed by atoms with Gasteiger partial charge in [0.2, 0.25) is 5.78 Å². The number of rotatable bonds is 3. The maximum atomic E-state index is 12.1. The Morgan fingerprint density at radius 3 is 2.75 bits per heavy atom. The third-order valence-electron chi connectivity index (χ3n) is 2.83. The van der Waals surface area contributed by atoms with E-state index in [1.165, 1.54) is 6.21 Å².